The number of likely N-dealkylation sites (tertiary alicyclic amines) is 2. The lowest BCUT2D eigenvalue weighted by Gasteiger charge is -2.33. The van der Waals surface area contributed by atoms with Crippen LogP contribution in [0.5, 0.6) is 0 Å². The van der Waals surface area contributed by atoms with Crippen molar-refractivity contribution >= 4 is 47.1 Å². The van der Waals surface area contributed by atoms with Crippen molar-refractivity contribution in [3.63, 3.8) is 0 Å². The van der Waals surface area contributed by atoms with Crippen LogP contribution >= 0.6 is 23.2 Å². The molecule has 1 N–H and O–H groups in total. The summed E-state index contributed by atoms with van der Waals surface area (Å²) in [4.78, 5) is 49.3. The molecule has 0 radical (unpaired) electrons. The Morgan fingerprint density at radius 2 is 0.891 bits per heavy atom. The number of piperidine rings is 2. The lowest BCUT2D eigenvalue weighted by atomic mass is 9.89. The maximum Gasteiger partial charge on any atom is 0.434 e. The number of amides is 3. The van der Waals surface area contributed by atoms with Crippen molar-refractivity contribution in [3.8, 4) is 0 Å². The predicted octanol–water partition coefficient (Wildman–Crippen LogP) is 9.03. The second-order valence-electron chi connectivity index (χ2n) is 12.1. The van der Waals surface area contributed by atoms with Crippen LogP contribution in [0.2, 0.25) is 10.0 Å². The minimum Gasteiger partial charge on any atom is -0.426 e. The van der Waals surface area contributed by atoms with Gasteiger partial charge in [0.25, 0.3) is 18.1 Å². The summed E-state index contributed by atoms with van der Waals surface area (Å²) < 4.78 is 157. The first-order chi connectivity index (χ1) is 25.3. The molecular formula is C32H29Cl2F12N3O6. The van der Waals surface area contributed by atoms with E-state index in [0.717, 1.165) is 9.80 Å². The maximum absolute atomic E-state index is 12.5. The van der Waals surface area contributed by atoms with Gasteiger partial charge in [0.15, 0.2) is 5.78 Å². The van der Waals surface area contributed by atoms with Crippen LogP contribution in [0.1, 0.15) is 46.4 Å². The molecular weight excluding hydrogens is 821 g/mol. The molecule has 2 aliphatic rings. The van der Waals surface area contributed by atoms with Gasteiger partial charge in [0.2, 0.25) is 0 Å². The molecule has 9 nitrogen and oxygen atoms in total. The van der Waals surface area contributed by atoms with Crippen LogP contribution < -0.4 is 5.32 Å². The monoisotopic (exact) mass is 849 g/mol. The molecule has 0 aromatic heterocycles. The molecule has 2 aliphatic heterocycles. The Kier molecular flexibility index (Phi) is 15.0. The summed E-state index contributed by atoms with van der Waals surface area (Å²) >= 11 is 11.5. The van der Waals surface area contributed by atoms with Crippen molar-refractivity contribution in [1.29, 1.82) is 0 Å². The van der Waals surface area contributed by atoms with Gasteiger partial charge in [0, 0.05) is 59.3 Å². The molecule has 3 amide bonds. The Hall–Kier alpha value is -4.14. The van der Waals surface area contributed by atoms with E-state index in [1.165, 1.54) is 48.5 Å². The van der Waals surface area contributed by atoms with E-state index in [0.29, 0.717) is 21.2 Å². The number of nitrogens with zero attached hydrogens (tertiary/aromatic N) is 2. The average Bonchev–Trinajstić information content (AvgIpc) is 3.08. The van der Waals surface area contributed by atoms with E-state index >= 15 is 0 Å². The van der Waals surface area contributed by atoms with Crippen LogP contribution in [0.3, 0.4) is 0 Å². The zero-order chi connectivity index (χ0) is 41.5. The normalized spacial score (nSPS) is 16.4. The van der Waals surface area contributed by atoms with Gasteiger partial charge in [-0.1, -0.05) is 23.2 Å². The molecule has 23 heteroatoms. The molecule has 0 bridgehead atoms. The number of benzene rings is 2. The summed E-state index contributed by atoms with van der Waals surface area (Å²) in [6.45, 7) is -0.698. The van der Waals surface area contributed by atoms with Gasteiger partial charge in [-0.05, 0) is 74.2 Å². The first-order valence-corrected chi connectivity index (χ1v) is 16.6. The van der Waals surface area contributed by atoms with Crippen LogP contribution in [0.25, 0.3) is 0 Å². The molecule has 0 aliphatic carbocycles. The van der Waals surface area contributed by atoms with Crippen molar-refractivity contribution in [2.75, 3.05) is 26.2 Å². The van der Waals surface area contributed by atoms with Gasteiger partial charge in [0.1, 0.15) is 0 Å². The van der Waals surface area contributed by atoms with Crippen LogP contribution in [-0.4, -0.2) is 103 Å². The summed E-state index contributed by atoms with van der Waals surface area (Å²) in [5.74, 6) is -1.15. The Morgan fingerprint density at radius 1 is 0.564 bits per heavy atom. The molecule has 2 aromatic carbocycles. The topological polar surface area (TPSA) is 105 Å². The second-order valence-corrected chi connectivity index (χ2v) is 12.9. The maximum atomic E-state index is 12.5. The van der Waals surface area contributed by atoms with Crippen molar-refractivity contribution in [1.82, 2.24) is 15.1 Å². The van der Waals surface area contributed by atoms with Gasteiger partial charge >= 0.3 is 36.9 Å². The zero-order valence-electron chi connectivity index (χ0n) is 27.7. The molecule has 55 heavy (non-hydrogen) atoms. The molecule has 2 heterocycles. The summed E-state index contributed by atoms with van der Waals surface area (Å²) in [6, 6.07) is 11.7. The Morgan fingerprint density at radius 3 is 1.24 bits per heavy atom. The van der Waals surface area contributed by atoms with E-state index in [4.69, 9.17) is 23.2 Å². The average molecular weight is 850 g/mol. The highest BCUT2D eigenvalue weighted by molar-refractivity contribution is 6.31. The number of Topliss-reactive ketones (excluding diaryl/α,β-unsaturated/α-hetero) is 1. The molecule has 0 saturated carbocycles. The molecule has 0 atom stereocenters. The number of rotatable bonds is 6. The quantitative estimate of drug-likeness (QED) is 0.230. The smallest absolute Gasteiger partial charge is 0.426 e. The van der Waals surface area contributed by atoms with Crippen molar-refractivity contribution < 1.29 is 81.3 Å². The first-order valence-electron chi connectivity index (χ1n) is 15.8. The SMILES string of the molecule is O=C(NC1CCN(C(=O)OC(C(F)(F)F)C(F)(F)F)CC1)c1ccc(Cl)cc1.O=C(c1ccc(Cl)cc1)C1CCN(C(=O)OC(C(F)(F)F)C(F)(F)F)CC1. The van der Waals surface area contributed by atoms with E-state index < -0.39 is 67.0 Å². The molecule has 4 rings (SSSR count). The van der Waals surface area contributed by atoms with E-state index in [-0.39, 0.29) is 57.6 Å². The van der Waals surface area contributed by atoms with E-state index in [1.807, 2.05) is 0 Å². The number of hydrogen-bond acceptors (Lipinski definition) is 6. The highest BCUT2D eigenvalue weighted by atomic mass is 35.5. The summed E-state index contributed by atoms with van der Waals surface area (Å²) in [6.07, 6.45) is -34.4. The molecule has 2 fully saturated rings. The Labute approximate surface area is 313 Å². The van der Waals surface area contributed by atoms with Gasteiger partial charge in [0.05, 0.1) is 0 Å². The summed E-state index contributed by atoms with van der Waals surface area (Å²) in [7, 11) is 0. The summed E-state index contributed by atoms with van der Waals surface area (Å²) in [5, 5.41) is 3.56. The number of nitrogens with one attached hydrogen (secondary N) is 1. The van der Waals surface area contributed by atoms with Gasteiger partial charge in [-0.25, -0.2) is 9.59 Å². The van der Waals surface area contributed by atoms with Gasteiger partial charge in [-0.2, -0.15) is 52.7 Å². The third-order valence-corrected chi connectivity index (χ3v) is 8.58. The third kappa shape index (κ3) is 13.5. The van der Waals surface area contributed by atoms with Crippen LogP contribution in [0.15, 0.2) is 48.5 Å². The molecule has 2 aromatic rings. The molecule has 0 spiro atoms. The number of halogens is 14. The minimum atomic E-state index is -5.77. The van der Waals surface area contributed by atoms with Crippen LogP contribution in [0, 0.1) is 5.92 Å². The highest BCUT2D eigenvalue weighted by Crippen LogP contribution is 2.37. The van der Waals surface area contributed by atoms with Gasteiger partial charge in [-0.3, -0.25) is 9.59 Å². The third-order valence-electron chi connectivity index (χ3n) is 8.07. The molecule has 2 saturated heterocycles. The molecule has 0 unspecified atom stereocenters. The number of alkyl halides is 12. The van der Waals surface area contributed by atoms with Crippen LogP contribution in [0.4, 0.5) is 62.3 Å². The minimum absolute atomic E-state index is 0.0965. The number of carbonyl (C=O) groups is 4. The largest absolute Gasteiger partial charge is 0.434 e. The Balaban J connectivity index is 0.000000296. The second kappa shape index (κ2) is 18.2. The van der Waals surface area contributed by atoms with Gasteiger partial charge < -0.3 is 24.6 Å². The fourth-order valence-electron chi connectivity index (χ4n) is 5.24. The van der Waals surface area contributed by atoms with Gasteiger partial charge in [-0.15, -0.1) is 0 Å². The molecule has 306 valence electrons. The van der Waals surface area contributed by atoms with Crippen molar-refractivity contribution in [2.45, 2.75) is 68.6 Å². The number of ketones is 1. The number of carbonyl (C=O) groups excluding carboxylic acids is 4. The highest BCUT2D eigenvalue weighted by Gasteiger charge is 2.61. The van der Waals surface area contributed by atoms with E-state index in [2.05, 4.69) is 14.8 Å². The standard InChI is InChI=1S/C16H15ClF6N2O3.C16H14ClF6NO3/c17-10-3-1-9(2-4-10)12(26)24-11-5-7-25(8-6-11)14(27)28-13(15(18,19)20)16(21,22)23;17-11-3-1-9(2-4-11)12(25)10-5-7-24(8-6-10)14(26)27-13(15(18,19)20)16(21,22)23/h1-4,11,13H,5-8H2,(H,24,26);1-4,10,13H,5-8H2. The number of ether oxygens (including phenoxy) is 2. The van der Waals surface area contributed by atoms with Crippen LogP contribution in [-0.2, 0) is 9.47 Å². The lowest BCUT2D eigenvalue weighted by Crippen LogP contribution is -2.51. The predicted molar refractivity (Wildman–Crippen MR) is 168 cm³/mol. The first kappa shape index (κ1) is 45.3. The Bertz CT molecular complexity index is 1590. The van der Waals surface area contributed by atoms with E-state index in [1.54, 1.807) is 0 Å². The fourth-order valence-corrected chi connectivity index (χ4v) is 5.49. The van der Waals surface area contributed by atoms with Crippen molar-refractivity contribution in [2.24, 2.45) is 5.92 Å². The number of hydrogen-bond donors (Lipinski definition) is 1. The van der Waals surface area contributed by atoms with E-state index in [9.17, 15) is 71.9 Å². The zero-order valence-corrected chi connectivity index (χ0v) is 29.2. The summed E-state index contributed by atoms with van der Waals surface area (Å²) in [5.41, 5.74) is 0.721. The fraction of sp³-hybridized carbons (Fsp3) is 0.500. The van der Waals surface area contributed by atoms with Crippen molar-refractivity contribution in [3.05, 3.63) is 69.7 Å². The lowest BCUT2D eigenvalue weighted by molar-refractivity contribution is -0.309.